The highest BCUT2D eigenvalue weighted by atomic mass is 16.2. The van der Waals surface area contributed by atoms with Crippen molar-refractivity contribution in [3.63, 3.8) is 0 Å². The summed E-state index contributed by atoms with van der Waals surface area (Å²) in [7, 11) is 0. The SMILES string of the molecule is CC(=O)CCCC(=O)N1Cc2ccccc2/C=C\c2ccccc21. The summed E-state index contributed by atoms with van der Waals surface area (Å²) in [5, 5.41) is 0. The quantitative estimate of drug-likeness (QED) is 0.834. The van der Waals surface area contributed by atoms with Crippen LogP contribution in [-0.4, -0.2) is 11.7 Å². The largest absolute Gasteiger partial charge is 0.307 e. The Bertz CT molecular complexity index is 792. The maximum absolute atomic E-state index is 12.8. The van der Waals surface area contributed by atoms with E-state index in [1.54, 1.807) is 6.92 Å². The molecule has 3 rings (SSSR count). The molecule has 0 bridgehead atoms. The number of rotatable bonds is 4. The normalized spacial score (nSPS) is 14.1. The number of amides is 1. The Morgan fingerprint density at radius 1 is 0.917 bits per heavy atom. The predicted molar refractivity (Wildman–Crippen MR) is 97.5 cm³/mol. The molecule has 122 valence electrons. The molecule has 0 fully saturated rings. The first-order valence-corrected chi connectivity index (χ1v) is 8.30. The Labute approximate surface area is 142 Å². The van der Waals surface area contributed by atoms with Crippen LogP contribution in [0.1, 0.15) is 42.9 Å². The molecule has 3 heteroatoms. The van der Waals surface area contributed by atoms with Crippen molar-refractivity contribution in [3.05, 3.63) is 65.2 Å². The summed E-state index contributed by atoms with van der Waals surface area (Å²) < 4.78 is 0. The van der Waals surface area contributed by atoms with Crippen LogP contribution in [0.25, 0.3) is 12.2 Å². The van der Waals surface area contributed by atoms with E-state index in [4.69, 9.17) is 0 Å². The van der Waals surface area contributed by atoms with Gasteiger partial charge in [-0.15, -0.1) is 0 Å². The number of Topliss-reactive ketones (excluding diaryl/α,β-unsaturated/α-hetero) is 1. The molecule has 0 unspecified atom stereocenters. The fourth-order valence-electron chi connectivity index (χ4n) is 3.00. The van der Waals surface area contributed by atoms with Crippen LogP contribution in [0.15, 0.2) is 48.5 Å². The standard InChI is InChI=1S/C21H21NO2/c1-16(23)7-6-12-21(24)22-15-19-10-3-2-8-17(19)13-14-18-9-4-5-11-20(18)22/h2-5,8-11,13-14H,6-7,12,15H2,1H3/b14-13-. The summed E-state index contributed by atoms with van der Waals surface area (Å²) in [4.78, 5) is 25.8. The van der Waals surface area contributed by atoms with Crippen molar-refractivity contribution in [3.8, 4) is 0 Å². The van der Waals surface area contributed by atoms with Crippen molar-refractivity contribution in [2.24, 2.45) is 0 Å². The average molecular weight is 319 g/mol. The van der Waals surface area contributed by atoms with Gasteiger partial charge in [0.2, 0.25) is 5.91 Å². The highest BCUT2D eigenvalue weighted by Gasteiger charge is 2.20. The second-order valence-electron chi connectivity index (χ2n) is 6.13. The molecule has 1 amide bonds. The van der Waals surface area contributed by atoms with Gasteiger partial charge in [0, 0.05) is 12.8 Å². The van der Waals surface area contributed by atoms with E-state index >= 15 is 0 Å². The minimum absolute atomic E-state index is 0.0637. The van der Waals surface area contributed by atoms with Crippen molar-refractivity contribution in [1.82, 2.24) is 0 Å². The molecular formula is C21H21NO2. The fourth-order valence-corrected chi connectivity index (χ4v) is 3.00. The van der Waals surface area contributed by atoms with Crippen molar-refractivity contribution < 1.29 is 9.59 Å². The monoisotopic (exact) mass is 319 g/mol. The fraction of sp³-hybridized carbons (Fsp3) is 0.238. The first-order chi connectivity index (χ1) is 11.6. The number of para-hydroxylation sites is 1. The lowest BCUT2D eigenvalue weighted by Crippen LogP contribution is -2.31. The third-order valence-electron chi connectivity index (χ3n) is 4.27. The Morgan fingerprint density at radius 3 is 2.38 bits per heavy atom. The first kappa shape index (κ1) is 16.2. The summed E-state index contributed by atoms with van der Waals surface area (Å²) in [6, 6.07) is 16.1. The predicted octanol–water partition coefficient (Wildman–Crippen LogP) is 4.46. The molecule has 0 atom stereocenters. The van der Waals surface area contributed by atoms with Gasteiger partial charge in [-0.3, -0.25) is 4.79 Å². The number of ketones is 1. The number of fused-ring (bicyclic) bond motifs is 2. The summed E-state index contributed by atoms with van der Waals surface area (Å²) >= 11 is 0. The van der Waals surface area contributed by atoms with Gasteiger partial charge < -0.3 is 9.69 Å². The van der Waals surface area contributed by atoms with Gasteiger partial charge in [-0.25, -0.2) is 0 Å². The van der Waals surface area contributed by atoms with Gasteiger partial charge in [-0.1, -0.05) is 54.6 Å². The van der Waals surface area contributed by atoms with Gasteiger partial charge >= 0.3 is 0 Å². The first-order valence-electron chi connectivity index (χ1n) is 8.30. The number of carbonyl (C=O) groups excluding carboxylic acids is 2. The van der Waals surface area contributed by atoms with E-state index in [1.165, 1.54) is 0 Å². The van der Waals surface area contributed by atoms with E-state index in [1.807, 2.05) is 41.3 Å². The van der Waals surface area contributed by atoms with Crippen molar-refractivity contribution in [1.29, 1.82) is 0 Å². The lowest BCUT2D eigenvalue weighted by molar-refractivity contribution is -0.119. The van der Waals surface area contributed by atoms with Crippen molar-refractivity contribution >= 4 is 29.5 Å². The van der Waals surface area contributed by atoms with Gasteiger partial charge in [0.25, 0.3) is 0 Å². The Balaban J connectivity index is 1.93. The maximum Gasteiger partial charge on any atom is 0.227 e. The Morgan fingerprint density at radius 2 is 1.58 bits per heavy atom. The zero-order chi connectivity index (χ0) is 16.9. The van der Waals surface area contributed by atoms with E-state index in [2.05, 4.69) is 24.3 Å². The van der Waals surface area contributed by atoms with Crippen LogP contribution in [0.5, 0.6) is 0 Å². The molecule has 0 saturated heterocycles. The molecule has 1 aliphatic rings. The second-order valence-corrected chi connectivity index (χ2v) is 6.13. The molecular weight excluding hydrogens is 298 g/mol. The number of benzene rings is 2. The average Bonchev–Trinajstić information content (AvgIpc) is 2.56. The third kappa shape index (κ3) is 3.62. The Hall–Kier alpha value is -2.68. The van der Waals surface area contributed by atoms with E-state index in [9.17, 15) is 9.59 Å². The summed E-state index contributed by atoms with van der Waals surface area (Å²) in [6.07, 6.45) is 5.61. The molecule has 1 heterocycles. The van der Waals surface area contributed by atoms with Crippen molar-refractivity contribution in [2.45, 2.75) is 32.7 Å². The summed E-state index contributed by atoms with van der Waals surface area (Å²) in [5.74, 6) is 0.193. The van der Waals surface area contributed by atoms with Crippen LogP contribution in [-0.2, 0) is 16.1 Å². The van der Waals surface area contributed by atoms with E-state index < -0.39 is 0 Å². The maximum atomic E-state index is 12.8. The molecule has 0 aromatic heterocycles. The molecule has 0 N–H and O–H groups in total. The van der Waals surface area contributed by atoms with Gasteiger partial charge in [-0.05, 0) is 36.1 Å². The molecule has 0 spiro atoms. The second kappa shape index (κ2) is 7.26. The van der Waals surface area contributed by atoms with Crippen LogP contribution < -0.4 is 4.90 Å². The zero-order valence-electron chi connectivity index (χ0n) is 13.9. The van der Waals surface area contributed by atoms with Crippen LogP contribution in [0.2, 0.25) is 0 Å². The van der Waals surface area contributed by atoms with E-state index in [0.717, 1.165) is 22.4 Å². The lowest BCUT2D eigenvalue weighted by atomic mass is 10.0. The molecule has 0 aliphatic carbocycles. The van der Waals surface area contributed by atoms with Crippen LogP contribution >= 0.6 is 0 Å². The van der Waals surface area contributed by atoms with E-state index in [-0.39, 0.29) is 11.7 Å². The molecule has 24 heavy (non-hydrogen) atoms. The molecule has 2 aromatic rings. The minimum Gasteiger partial charge on any atom is -0.307 e. The summed E-state index contributed by atoms with van der Waals surface area (Å²) in [5.41, 5.74) is 4.22. The topological polar surface area (TPSA) is 37.4 Å². The smallest absolute Gasteiger partial charge is 0.227 e. The Kier molecular flexibility index (Phi) is 4.90. The molecule has 0 radical (unpaired) electrons. The van der Waals surface area contributed by atoms with E-state index in [0.29, 0.717) is 25.8 Å². The zero-order valence-corrected chi connectivity index (χ0v) is 13.9. The van der Waals surface area contributed by atoms with Crippen molar-refractivity contribution in [2.75, 3.05) is 4.90 Å². The van der Waals surface area contributed by atoms with Crippen LogP contribution in [0, 0.1) is 0 Å². The lowest BCUT2D eigenvalue weighted by Gasteiger charge is -2.27. The number of nitrogens with zero attached hydrogens (tertiary/aromatic N) is 1. The third-order valence-corrected chi connectivity index (χ3v) is 4.27. The minimum atomic E-state index is 0.0637. The molecule has 3 nitrogen and oxygen atoms in total. The number of carbonyl (C=O) groups is 2. The molecule has 0 saturated carbocycles. The van der Waals surface area contributed by atoms with Gasteiger partial charge in [-0.2, -0.15) is 0 Å². The van der Waals surface area contributed by atoms with Crippen LogP contribution in [0.4, 0.5) is 5.69 Å². The number of anilines is 1. The summed E-state index contributed by atoms with van der Waals surface area (Å²) in [6.45, 7) is 2.12. The van der Waals surface area contributed by atoms with Gasteiger partial charge in [0.05, 0.1) is 12.2 Å². The highest BCUT2D eigenvalue weighted by Crippen LogP contribution is 2.29. The van der Waals surface area contributed by atoms with Gasteiger partial charge in [0.1, 0.15) is 5.78 Å². The molecule has 1 aliphatic heterocycles. The molecule has 2 aromatic carbocycles. The van der Waals surface area contributed by atoms with Gasteiger partial charge in [0.15, 0.2) is 0 Å². The highest BCUT2D eigenvalue weighted by molar-refractivity contribution is 5.97. The number of hydrogen-bond acceptors (Lipinski definition) is 2. The van der Waals surface area contributed by atoms with Crippen LogP contribution in [0.3, 0.4) is 0 Å². The number of hydrogen-bond donors (Lipinski definition) is 0.